The Hall–Kier alpha value is -2.46. The van der Waals surface area contributed by atoms with Crippen molar-refractivity contribution < 1.29 is 4.21 Å². The Bertz CT molecular complexity index is 1210. The second kappa shape index (κ2) is 5.81. The molecule has 1 atom stereocenters. The van der Waals surface area contributed by atoms with E-state index >= 15 is 0 Å². The number of hydrogen-bond acceptors (Lipinski definition) is 7. The topological polar surface area (TPSA) is 95.6 Å². The molecule has 0 aliphatic heterocycles. The molecular weight excluding hydrogens is 360 g/mol. The molecule has 0 aromatic carbocycles. The van der Waals surface area contributed by atoms with Gasteiger partial charge in [0.1, 0.15) is 11.3 Å². The highest BCUT2D eigenvalue weighted by atomic mass is 32.2. The van der Waals surface area contributed by atoms with Crippen molar-refractivity contribution in [3.8, 4) is 0 Å². The minimum Gasteiger partial charge on any atom is -0.323 e. The van der Waals surface area contributed by atoms with Gasteiger partial charge in [0.15, 0.2) is 9.99 Å². The van der Waals surface area contributed by atoms with Crippen molar-refractivity contribution in [2.75, 3.05) is 6.26 Å². The van der Waals surface area contributed by atoms with Gasteiger partial charge in [0.25, 0.3) is 5.56 Å². The summed E-state index contributed by atoms with van der Waals surface area (Å²) in [7, 11) is 0.631. The molecule has 0 fully saturated rings. The van der Waals surface area contributed by atoms with Crippen molar-refractivity contribution >= 4 is 43.4 Å². The van der Waals surface area contributed by atoms with Crippen LogP contribution in [0.4, 0.5) is 0 Å². The predicted molar refractivity (Wildman–Crippen MR) is 96.4 cm³/mol. The fourth-order valence-electron chi connectivity index (χ4n) is 2.75. The van der Waals surface area contributed by atoms with Crippen molar-refractivity contribution in [3.63, 3.8) is 0 Å². The molecule has 0 spiro atoms. The first kappa shape index (κ1) is 16.0. The van der Waals surface area contributed by atoms with Gasteiger partial charge >= 0.3 is 0 Å². The highest BCUT2D eigenvalue weighted by molar-refractivity contribution is 7.86. The molecule has 4 rings (SSSR count). The van der Waals surface area contributed by atoms with E-state index in [9.17, 15) is 9.00 Å². The molecule has 0 N–H and O–H groups in total. The average molecular weight is 374 g/mol. The van der Waals surface area contributed by atoms with Crippen LogP contribution in [0.3, 0.4) is 0 Å². The Morgan fingerprint density at radius 3 is 2.84 bits per heavy atom. The fourth-order valence-corrected chi connectivity index (χ4v) is 4.53. The molecule has 0 bridgehead atoms. The molecule has 1 unspecified atom stereocenters. The van der Waals surface area contributed by atoms with Crippen LogP contribution in [0, 0.1) is 6.92 Å². The van der Waals surface area contributed by atoms with Crippen LogP contribution < -0.4 is 5.56 Å². The second-order valence-corrected chi connectivity index (χ2v) is 8.16. The van der Waals surface area contributed by atoms with Crippen molar-refractivity contribution in [3.05, 3.63) is 40.3 Å². The third kappa shape index (κ3) is 2.57. The van der Waals surface area contributed by atoms with Gasteiger partial charge in [-0.1, -0.05) is 0 Å². The molecule has 8 nitrogen and oxygen atoms in total. The lowest BCUT2D eigenvalue weighted by atomic mass is 10.3. The number of thiazole rings is 1. The van der Waals surface area contributed by atoms with Crippen LogP contribution in [-0.2, 0) is 24.4 Å². The molecule has 4 aromatic rings. The monoisotopic (exact) mass is 374 g/mol. The third-order valence-electron chi connectivity index (χ3n) is 3.90. The quantitative estimate of drug-likeness (QED) is 0.535. The molecular formula is C15H14N6O2S2. The lowest BCUT2D eigenvalue weighted by Gasteiger charge is -2.05. The molecule has 4 aromatic heterocycles. The van der Waals surface area contributed by atoms with Crippen LogP contribution in [0.5, 0.6) is 0 Å². The summed E-state index contributed by atoms with van der Waals surface area (Å²) in [4.78, 5) is 25.6. The van der Waals surface area contributed by atoms with E-state index in [0.717, 1.165) is 15.8 Å². The van der Waals surface area contributed by atoms with E-state index in [4.69, 9.17) is 0 Å². The van der Waals surface area contributed by atoms with Gasteiger partial charge in [-0.25, -0.2) is 19.6 Å². The van der Waals surface area contributed by atoms with Crippen LogP contribution in [0.1, 0.15) is 11.5 Å². The summed E-state index contributed by atoms with van der Waals surface area (Å²) in [6.45, 7) is 2.07. The summed E-state index contributed by atoms with van der Waals surface area (Å²) < 4.78 is 16.2. The highest BCUT2D eigenvalue weighted by Gasteiger charge is 2.19. The Balaban J connectivity index is 1.89. The summed E-state index contributed by atoms with van der Waals surface area (Å²) >= 11 is 1.34. The lowest BCUT2D eigenvalue weighted by molar-refractivity contribution is 0.629. The van der Waals surface area contributed by atoms with E-state index in [-0.39, 0.29) is 12.1 Å². The largest absolute Gasteiger partial charge is 0.323 e. The van der Waals surface area contributed by atoms with Gasteiger partial charge in [-0.05, 0) is 13.0 Å². The summed E-state index contributed by atoms with van der Waals surface area (Å²) in [6, 6.07) is 1.76. The van der Waals surface area contributed by atoms with Gasteiger partial charge in [-0.3, -0.25) is 9.00 Å². The molecule has 10 heteroatoms. The molecule has 0 aliphatic rings. The highest BCUT2D eigenvalue weighted by Crippen LogP contribution is 2.31. The van der Waals surface area contributed by atoms with E-state index in [2.05, 4.69) is 20.1 Å². The molecule has 0 amide bonds. The molecule has 4 heterocycles. The maximum Gasteiger partial charge on any atom is 0.291 e. The molecule has 0 aliphatic carbocycles. The van der Waals surface area contributed by atoms with Crippen LogP contribution in [0.2, 0.25) is 0 Å². The van der Waals surface area contributed by atoms with Crippen molar-refractivity contribution in [1.29, 1.82) is 0 Å². The number of fused-ring (bicyclic) bond motifs is 3. The molecule has 0 radical (unpaired) electrons. The third-order valence-corrected chi connectivity index (χ3v) is 6.31. The van der Waals surface area contributed by atoms with E-state index in [1.54, 1.807) is 43.3 Å². The first-order valence-electron chi connectivity index (χ1n) is 7.42. The predicted octanol–water partition coefficient (Wildman–Crippen LogP) is 1.23. The number of aromatic nitrogens is 6. The molecule has 0 saturated carbocycles. The van der Waals surface area contributed by atoms with Crippen molar-refractivity contribution in [1.82, 2.24) is 29.3 Å². The standard InChI is InChI=1S/C15H14N6O2S2/c1-8-16-5-4-9(18-8)7-21-14(22)11-10(6-17-21)12-13(20(11)2)19-15(24-12)25(3)23/h4-6H,7H2,1-3H3. The lowest BCUT2D eigenvalue weighted by Crippen LogP contribution is -2.25. The van der Waals surface area contributed by atoms with Gasteiger partial charge in [0.05, 0.1) is 33.9 Å². The first-order chi connectivity index (χ1) is 12.0. The molecule has 25 heavy (non-hydrogen) atoms. The number of aryl methyl sites for hydroxylation is 2. The van der Waals surface area contributed by atoms with E-state index in [1.165, 1.54) is 16.0 Å². The van der Waals surface area contributed by atoms with Gasteiger partial charge in [0, 0.05) is 24.9 Å². The van der Waals surface area contributed by atoms with E-state index in [0.29, 0.717) is 21.3 Å². The van der Waals surface area contributed by atoms with Gasteiger partial charge in [0.2, 0.25) is 0 Å². The SMILES string of the molecule is Cc1nccc(Cn2ncc3c4sc(S(C)=O)nc4n(C)c3c2=O)n1. The molecule has 0 saturated heterocycles. The zero-order valence-electron chi connectivity index (χ0n) is 13.8. The zero-order chi connectivity index (χ0) is 17.7. The Morgan fingerprint density at radius 1 is 1.32 bits per heavy atom. The summed E-state index contributed by atoms with van der Waals surface area (Å²) in [5, 5.41) is 5.01. The van der Waals surface area contributed by atoms with Crippen LogP contribution >= 0.6 is 11.3 Å². The van der Waals surface area contributed by atoms with Gasteiger partial charge in [-0.2, -0.15) is 5.10 Å². The maximum atomic E-state index is 12.9. The normalized spacial score (nSPS) is 12.9. The van der Waals surface area contributed by atoms with E-state index in [1.807, 2.05) is 0 Å². The Labute approximate surface area is 148 Å². The van der Waals surface area contributed by atoms with E-state index < -0.39 is 10.8 Å². The van der Waals surface area contributed by atoms with Crippen LogP contribution in [0.15, 0.2) is 27.6 Å². The second-order valence-electron chi connectivity index (χ2n) is 5.61. The number of nitrogens with zero attached hydrogens (tertiary/aromatic N) is 6. The number of hydrogen-bond donors (Lipinski definition) is 0. The Kier molecular flexibility index (Phi) is 3.73. The van der Waals surface area contributed by atoms with Gasteiger partial charge < -0.3 is 4.57 Å². The zero-order valence-corrected chi connectivity index (χ0v) is 15.4. The minimum absolute atomic E-state index is 0.208. The summed E-state index contributed by atoms with van der Waals surface area (Å²) in [6.07, 6.45) is 4.92. The van der Waals surface area contributed by atoms with Crippen LogP contribution in [0.25, 0.3) is 21.3 Å². The summed E-state index contributed by atoms with van der Waals surface area (Å²) in [5.41, 5.74) is 1.70. The fraction of sp³-hybridized carbons (Fsp3) is 0.267. The number of rotatable bonds is 3. The molecule has 128 valence electrons. The summed E-state index contributed by atoms with van der Waals surface area (Å²) in [5.74, 6) is 0.648. The van der Waals surface area contributed by atoms with Crippen molar-refractivity contribution in [2.45, 2.75) is 17.8 Å². The smallest absolute Gasteiger partial charge is 0.291 e. The Morgan fingerprint density at radius 2 is 2.12 bits per heavy atom. The first-order valence-corrected chi connectivity index (χ1v) is 9.80. The van der Waals surface area contributed by atoms with Gasteiger partial charge in [-0.15, -0.1) is 11.3 Å². The maximum absolute atomic E-state index is 12.9. The average Bonchev–Trinajstić information content (AvgIpc) is 3.10. The minimum atomic E-state index is -1.15. The van der Waals surface area contributed by atoms with Crippen LogP contribution in [-0.4, -0.2) is 39.8 Å². The van der Waals surface area contributed by atoms with Crippen molar-refractivity contribution in [2.24, 2.45) is 7.05 Å².